The van der Waals surface area contributed by atoms with E-state index in [1.165, 1.54) is 218 Å². The monoisotopic (exact) mass is 1410 g/mol. The molecule has 19 heteroatoms. The summed E-state index contributed by atoms with van der Waals surface area (Å²) in [5, 5.41) is 10.6. The summed E-state index contributed by atoms with van der Waals surface area (Å²) < 4.78 is 68.6. The van der Waals surface area contributed by atoms with Crippen molar-refractivity contribution in [3.8, 4) is 0 Å². The molecule has 0 aromatic carbocycles. The second kappa shape index (κ2) is 68.8. The van der Waals surface area contributed by atoms with E-state index in [0.717, 1.165) is 102 Å². The molecule has 0 amide bonds. The standard InChI is InChI=1S/C77H150O17P2/c1-7-11-13-15-17-19-21-23-27-31-35-42-48-54-60-75(80)87-65-72(93-76(81)61-55-49-43-36-32-28-25-24-26-29-33-39-45-51-57-69(5)9-3)67-91-95(83,84)89-63-71(78)64-90-96(85,86)92-68-73(94-77(82)62-56-50-44-38-37-40-46-52-58-70(6)10-4)66-88-74(79)59-53-47-41-34-30-22-20-18-16-14-12-8-2/h69-73,78H,7-68H2,1-6H3,(H,83,84)(H,85,86)/t69?,70?,71-,72-,73-/m1/s1. The summed E-state index contributed by atoms with van der Waals surface area (Å²) in [7, 11) is -9.91. The SMILES string of the molecule is CCCCCCCCCCCCCCCCC(=O)OC[C@H](COP(=O)(O)OC[C@@H](O)COP(=O)(O)OC[C@@H](COC(=O)CCCCCCCCCCCCCC)OC(=O)CCCCCCCCCCC(C)CC)OC(=O)CCCCCCCCCCCCCCCCC(C)CC. The summed E-state index contributed by atoms with van der Waals surface area (Å²) in [6.45, 7) is 9.66. The van der Waals surface area contributed by atoms with Crippen LogP contribution in [-0.2, 0) is 65.4 Å². The van der Waals surface area contributed by atoms with Gasteiger partial charge in [-0.25, -0.2) is 9.13 Å². The van der Waals surface area contributed by atoms with Gasteiger partial charge in [-0.05, 0) is 37.5 Å². The molecular weight excluding hydrogens is 1260 g/mol. The maximum Gasteiger partial charge on any atom is 0.472 e. The van der Waals surface area contributed by atoms with E-state index in [2.05, 4.69) is 41.5 Å². The van der Waals surface area contributed by atoms with E-state index in [-0.39, 0.29) is 25.7 Å². The van der Waals surface area contributed by atoms with Crippen molar-refractivity contribution in [2.24, 2.45) is 11.8 Å². The zero-order chi connectivity index (χ0) is 70.7. The number of phosphoric acid groups is 2. The topological polar surface area (TPSA) is 237 Å². The summed E-state index contributed by atoms with van der Waals surface area (Å²) >= 11 is 0. The molecule has 96 heavy (non-hydrogen) atoms. The van der Waals surface area contributed by atoms with Crippen molar-refractivity contribution in [2.75, 3.05) is 39.6 Å². The molecule has 0 fully saturated rings. The lowest BCUT2D eigenvalue weighted by Gasteiger charge is -2.21. The lowest BCUT2D eigenvalue weighted by molar-refractivity contribution is -0.161. The van der Waals surface area contributed by atoms with E-state index in [4.69, 9.17) is 37.0 Å². The molecule has 0 radical (unpaired) electrons. The highest BCUT2D eigenvalue weighted by atomic mass is 31.2. The minimum atomic E-state index is -4.96. The Balaban J connectivity index is 5.26. The summed E-state index contributed by atoms with van der Waals surface area (Å²) in [6, 6.07) is 0. The van der Waals surface area contributed by atoms with Gasteiger partial charge in [-0.15, -0.1) is 0 Å². The second-order valence-electron chi connectivity index (χ2n) is 28.2. The Hall–Kier alpha value is -1.94. The average molecular weight is 1410 g/mol. The van der Waals surface area contributed by atoms with Crippen molar-refractivity contribution in [2.45, 2.75) is 419 Å². The number of unbranched alkanes of at least 4 members (excludes halogenated alkanes) is 44. The molecule has 7 atom stereocenters. The Bertz CT molecular complexity index is 1860. The minimum Gasteiger partial charge on any atom is -0.462 e. The van der Waals surface area contributed by atoms with Gasteiger partial charge in [0.1, 0.15) is 19.3 Å². The third kappa shape index (κ3) is 67.9. The van der Waals surface area contributed by atoms with E-state index in [0.29, 0.717) is 25.7 Å². The molecule has 17 nitrogen and oxygen atoms in total. The smallest absolute Gasteiger partial charge is 0.462 e. The van der Waals surface area contributed by atoms with Crippen LogP contribution in [-0.4, -0.2) is 96.7 Å². The molecule has 0 aromatic rings. The van der Waals surface area contributed by atoms with Crippen LogP contribution in [0.4, 0.5) is 0 Å². The van der Waals surface area contributed by atoms with Crippen molar-refractivity contribution >= 4 is 39.5 Å². The van der Waals surface area contributed by atoms with Gasteiger partial charge in [0.15, 0.2) is 12.2 Å². The Morgan fingerprint density at radius 2 is 0.500 bits per heavy atom. The summed E-state index contributed by atoms with van der Waals surface area (Å²) in [5.74, 6) is -0.497. The number of hydrogen-bond acceptors (Lipinski definition) is 15. The molecule has 0 aliphatic heterocycles. The first-order valence-corrected chi connectivity index (χ1v) is 43.1. The van der Waals surface area contributed by atoms with Crippen LogP contribution in [0, 0.1) is 11.8 Å². The number of aliphatic hydroxyl groups excluding tert-OH is 1. The molecule has 4 unspecified atom stereocenters. The van der Waals surface area contributed by atoms with Crippen LogP contribution in [0.25, 0.3) is 0 Å². The molecule has 0 aromatic heterocycles. The molecule has 3 N–H and O–H groups in total. The van der Waals surface area contributed by atoms with E-state index in [9.17, 15) is 43.2 Å². The molecule has 0 spiro atoms. The molecular formula is C77H150O17P2. The Morgan fingerprint density at radius 3 is 0.740 bits per heavy atom. The second-order valence-corrected chi connectivity index (χ2v) is 31.1. The van der Waals surface area contributed by atoms with Gasteiger partial charge < -0.3 is 33.8 Å². The van der Waals surface area contributed by atoms with Gasteiger partial charge in [0, 0.05) is 25.7 Å². The van der Waals surface area contributed by atoms with E-state index in [1.54, 1.807) is 0 Å². The third-order valence-electron chi connectivity index (χ3n) is 18.7. The van der Waals surface area contributed by atoms with Crippen LogP contribution in [0.1, 0.15) is 401 Å². The van der Waals surface area contributed by atoms with Crippen molar-refractivity contribution in [3.63, 3.8) is 0 Å². The number of aliphatic hydroxyl groups is 1. The highest BCUT2D eigenvalue weighted by Crippen LogP contribution is 2.45. The molecule has 0 aliphatic carbocycles. The van der Waals surface area contributed by atoms with E-state index >= 15 is 0 Å². The van der Waals surface area contributed by atoms with Crippen molar-refractivity contribution in [1.82, 2.24) is 0 Å². The number of phosphoric ester groups is 2. The number of carbonyl (C=O) groups is 4. The third-order valence-corrected chi connectivity index (χ3v) is 20.6. The number of ether oxygens (including phenoxy) is 4. The van der Waals surface area contributed by atoms with Crippen molar-refractivity contribution in [1.29, 1.82) is 0 Å². The normalized spacial score (nSPS) is 14.6. The molecule has 570 valence electrons. The largest absolute Gasteiger partial charge is 0.472 e. The van der Waals surface area contributed by atoms with Crippen molar-refractivity contribution < 1.29 is 80.2 Å². The van der Waals surface area contributed by atoms with E-state index in [1.807, 2.05) is 0 Å². The quantitative estimate of drug-likeness (QED) is 0.0222. The fourth-order valence-electron chi connectivity index (χ4n) is 11.8. The predicted octanol–water partition coefficient (Wildman–Crippen LogP) is 22.7. The lowest BCUT2D eigenvalue weighted by Crippen LogP contribution is -2.30. The van der Waals surface area contributed by atoms with Crippen LogP contribution in [0.15, 0.2) is 0 Å². The van der Waals surface area contributed by atoms with Crippen LogP contribution in [0.2, 0.25) is 0 Å². The van der Waals surface area contributed by atoms with Gasteiger partial charge >= 0.3 is 39.5 Å². The maximum atomic E-state index is 13.1. The Labute approximate surface area is 588 Å². The predicted molar refractivity (Wildman–Crippen MR) is 391 cm³/mol. The summed E-state index contributed by atoms with van der Waals surface area (Å²) in [6.07, 6.45) is 56.6. The molecule has 0 bridgehead atoms. The van der Waals surface area contributed by atoms with E-state index < -0.39 is 97.5 Å². The Kier molecular flexibility index (Phi) is 67.4. The van der Waals surface area contributed by atoms with Gasteiger partial charge in [0.25, 0.3) is 0 Å². The number of hydrogen-bond donors (Lipinski definition) is 3. The zero-order valence-corrected chi connectivity index (χ0v) is 64.5. The van der Waals surface area contributed by atoms with Crippen LogP contribution in [0.3, 0.4) is 0 Å². The Morgan fingerprint density at radius 1 is 0.292 bits per heavy atom. The molecule has 0 saturated heterocycles. The van der Waals surface area contributed by atoms with Crippen LogP contribution < -0.4 is 0 Å². The fraction of sp³-hybridized carbons (Fsp3) is 0.948. The highest BCUT2D eigenvalue weighted by Gasteiger charge is 2.30. The number of carbonyl (C=O) groups excluding carboxylic acids is 4. The summed E-state index contributed by atoms with van der Waals surface area (Å²) in [4.78, 5) is 72.9. The van der Waals surface area contributed by atoms with Gasteiger partial charge in [-0.2, -0.15) is 0 Å². The van der Waals surface area contributed by atoms with Gasteiger partial charge in [-0.1, -0.05) is 350 Å². The zero-order valence-electron chi connectivity index (χ0n) is 62.7. The van der Waals surface area contributed by atoms with Gasteiger partial charge in [0.05, 0.1) is 26.4 Å². The average Bonchev–Trinajstić information content (AvgIpc) is 1.41. The molecule has 0 saturated carbocycles. The maximum absolute atomic E-state index is 13.1. The first-order valence-electron chi connectivity index (χ1n) is 40.1. The first-order chi connectivity index (χ1) is 46.4. The van der Waals surface area contributed by atoms with Crippen LogP contribution >= 0.6 is 15.6 Å². The van der Waals surface area contributed by atoms with Gasteiger partial charge in [-0.3, -0.25) is 37.3 Å². The van der Waals surface area contributed by atoms with Crippen LogP contribution in [0.5, 0.6) is 0 Å². The first kappa shape index (κ1) is 94.1. The lowest BCUT2D eigenvalue weighted by atomic mass is 9.99. The highest BCUT2D eigenvalue weighted by molar-refractivity contribution is 7.47. The van der Waals surface area contributed by atoms with Gasteiger partial charge in [0.2, 0.25) is 0 Å². The molecule has 0 heterocycles. The summed E-state index contributed by atoms with van der Waals surface area (Å²) in [5.41, 5.74) is 0. The minimum absolute atomic E-state index is 0.105. The molecule has 0 rings (SSSR count). The fourth-order valence-corrected chi connectivity index (χ4v) is 13.3. The number of esters is 4. The molecule has 0 aliphatic rings. The van der Waals surface area contributed by atoms with Crippen molar-refractivity contribution in [3.05, 3.63) is 0 Å². The number of rotatable bonds is 76.